The van der Waals surface area contributed by atoms with Gasteiger partial charge in [0.15, 0.2) is 5.12 Å². The maximum atomic E-state index is 13.7. The lowest BCUT2D eigenvalue weighted by Gasteiger charge is -2.34. The molecule has 0 saturated carbocycles. The van der Waals surface area contributed by atoms with Crippen LogP contribution in [0.1, 0.15) is 97.0 Å². The first-order valence-electron chi connectivity index (χ1n) is 15.6. The van der Waals surface area contributed by atoms with Crippen molar-refractivity contribution in [3.8, 4) is 0 Å². The summed E-state index contributed by atoms with van der Waals surface area (Å²) >= 11 is 1.34. The third-order valence-electron chi connectivity index (χ3n) is 8.00. The van der Waals surface area contributed by atoms with Crippen LogP contribution >= 0.6 is 11.8 Å². The summed E-state index contributed by atoms with van der Waals surface area (Å²) in [4.78, 5) is 67.6. The molecule has 3 unspecified atom stereocenters. The Labute approximate surface area is 254 Å². The van der Waals surface area contributed by atoms with Crippen molar-refractivity contribution < 1.29 is 24.0 Å². The standard InChI is InChI=1S/C32H48N4O5S/c1-4-5-6-7-11-19-27(37)42-21-13-12-17-24-28(38)35-32(2,3)31(41)34-25(22-23-15-9-8-10-16-23)30(40)36-20-14-18-26(36)29(39)33-24/h8-10,15-16,24-26H,4-7,11-14,17-22H2,1-3H3,(H,33,39)(H,34,41)(H,35,38). The van der Waals surface area contributed by atoms with Crippen LogP contribution in [0.3, 0.4) is 0 Å². The highest BCUT2D eigenvalue weighted by Crippen LogP contribution is 2.22. The second-order valence-electron chi connectivity index (χ2n) is 12.0. The summed E-state index contributed by atoms with van der Waals surface area (Å²) in [5.74, 6) is -0.878. The van der Waals surface area contributed by atoms with Gasteiger partial charge in [-0.1, -0.05) is 81.1 Å². The summed E-state index contributed by atoms with van der Waals surface area (Å²) in [6.45, 7) is 5.78. The van der Waals surface area contributed by atoms with Gasteiger partial charge in [-0.3, -0.25) is 24.0 Å². The molecule has 42 heavy (non-hydrogen) atoms. The van der Waals surface area contributed by atoms with Crippen molar-refractivity contribution in [2.24, 2.45) is 0 Å². The van der Waals surface area contributed by atoms with Gasteiger partial charge in [-0.2, -0.15) is 0 Å². The van der Waals surface area contributed by atoms with E-state index in [2.05, 4.69) is 22.9 Å². The molecular formula is C32H48N4O5S. The molecule has 0 bridgehead atoms. The van der Waals surface area contributed by atoms with Gasteiger partial charge < -0.3 is 20.9 Å². The lowest BCUT2D eigenvalue weighted by molar-refractivity contribution is -0.144. The third-order valence-corrected chi connectivity index (χ3v) is 9.01. The number of benzene rings is 1. The van der Waals surface area contributed by atoms with Gasteiger partial charge in [-0.05, 0) is 51.5 Å². The second-order valence-corrected chi connectivity index (χ2v) is 13.1. The Morgan fingerprint density at radius 1 is 0.929 bits per heavy atom. The number of nitrogens with zero attached hydrogens (tertiary/aromatic N) is 1. The molecule has 1 aromatic carbocycles. The van der Waals surface area contributed by atoms with Gasteiger partial charge in [0, 0.05) is 25.1 Å². The molecular weight excluding hydrogens is 552 g/mol. The molecule has 2 saturated heterocycles. The van der Waals surface area contributed by atoms with Crippen molar-refractivity contribution >= 4 is 40.5 Å². The maximum Gasteiger partial charge on any atom is 0.246 e. The summed E-state index contributed by atoms with van der Waals surface area (Å²) in [5.41, 5.74) is -0.421. The van der Waals surface area contributed by atoms with Crippen molar-refractivity contribution in [3.63, 3.8) is 0 Å². The summed E-state index contributed by atoms with van der Waals surface area (Å²) in [6, 6.07) is 7.02. The quantitative estimate of drug-likeness (QED) is 0.295. The number of amides is 4. The molecule has 3 rings (SSSR count). The minimum absolute atomic E-state index is 0.202. The zero-order chi connectivity index (χ0) is 30.5. The Balaban J connectivity index is 1.63. The van der Waals surface area contributed by atoms with Gasteiger partial charge in [0.2, 0.25) is 23.6 Å². The monoisotopic (exact) mass is 600 g/mol. The lowest BCUT2D eigenvalue weighted by atomic mass is 9.98. The fraction of sp³-hybridized carbons (Fsp3) is 0.656. The third kappa shape index (κ3) is 10.1. The Kier molecular flexibility index (Phi) is 13.4. The van der Waals surface area contributed by atoms with Crippen molar-refractivity contribution in [1.82, 2.24) is 20.9 Å². The zero-order valence-electron chi connectivity index (χ0n) is 25.4. The number of thioether (sulfide) groups is 1. The summed E-state index contributed by atoms with van der Waals surface area (Å²) < 4.78 is 0. The Bertz CT molecular complexity index is 1080. The minimum atomic E-state index is -1.31. The molecule has 10 heteroatoms. The van der Waals surface area contributed by atoms with Crippen LogP contribution in [0, 0.1) is 0 Å². The number of unbranched alkanes of at least 4 members (excludes halogenated alkanes) is 5. The SMILES string of the molecule is CCCCCCCC(=O)SCCCCC1NC(=O)C2CCCN2C(=O)C(Cc2ccccc2)NC(=O)C(C)(C)NC1=O. The van der Waals surface area contributed by atoms with E-state index >= 15 is 0 Å². The topological polar surface area (TPSA) is 125 Å². The van der Waals surface area contributed by atoms with E-state index in [0.29, 0.717) is 44.4 Å². The van der Waals surface area contributed by atoms with Gasteiger partial charge in [-0.15, -0.1) is 0 Å². The molecule has 3 atom stereocenters. The fourth-order valence-corrected chi connectivity index (χ4v) is 6.33. The smallest absolute Gasteiger partial charge is 0.246 e. The molecule has 3 N–H and O–H groups in total. The number of nitrogens with one attached hydrogen (secondary N) is 3. The average Bonchev–Trinajstić information content (AvgIpc) is 3.45. The van der Waals surface area contributed by atoms with Crippen molar-refractivity contribution in [2.45, 2.75) is 121 Å². The number of hydrogen-bond acceptors (Lipinski definition) is 6. The molecule has 232 valence electrons. The molecule has 2 aliphatic rings. The van der Waals surface area contributed by atoms with Crippen molar-refractivity contribution in [3.05, 3.63) is 35.9 Å². The molecule has 9 nitrogen and oxygen atoms in total. The normalized spacial score (nSPS) is 22.8. The van der Waals surface area contributed by atoms with Gasteiger partial charge >= 0.3 is 0 Å². The van der Waals surface area contributed by atoms with E-state index in [1.54, 1.807) is 18.7 Å². The lowest BCUT2D eigenvalue weighted by Crippen LogP contribution is -2.64. The molecule has 2 heterocycles. The minimum Gasteiger partial charge on any atom is -0.343 e. The highest BCUT2D eigenvalue weighted by Gasteiger charge is 2.42. The van der Waals surface area contributed by atoms with Gasteiger partial charge in [-0.25, -0.2) is 0 Å². The Morgan fingerprint density at radius 2 is 1.67 bits per heavy atom. The number of carbonyl (C=O) groups is 5. The predicted molar refractivity (Wildman–Crippen MR) is 166 cm³/mol. The Morgan fingerprint density at radius 3 is 2.40 bits per heavy atom. The number of rotatable bonds is 13. The van der Waals surface area contributed by atoms with Crippen LogP contribution in [-0.4, -0.2) is 69.6 Å². The average molecular weight is 601 g/mol. The number of hydrogen-bond donors (Lipinski definition) is 3. The summed E-state index contributed by atoms with van der Waals surface area (Å²) in [6.07, 6.45) is 9.35. The van der Waals surface area contributed by atoms with Gasteiger partial charge in [0.25, 0.3) is 0 Å². The van der Waals surface area contributed by atoms with Crippen LogP contribution in [0.25, 0.3) is 0 Å². The van der Waals surface area contributed by atoms with Crippen LogP contribution in [0.4, 0.5) is 0 Å². The maximum absolute atomic E-state index is 13.7. The van der Waals surface area contributed by atoms with Crippen molar-refractivity contribution in [2.75, 3.05) is 12.3 Å². The predicted octanol–water partition coefficient (Wildman–Crippen LogP) is 3.89. The van der Waals surface area contributed by atoms with Crippen LogP contribution < -0.4 is 16.0 Å². The number of fused-ring (bicyclic) bond motifs is 1. The van der Waals surface area contributed by atoms with Gasteiger partial charge in [0.1, 0.15) is 23.7 Å². The summed E-state index contributed by atoms with van der Waals surface area (Å²) in [5, 5.41) is 8.76. The molecule has 0 aliphatic carbocycles. The van der Waals surface area contributed by atoms with Crippen LogP contribution in [0.2, 0.25) is 0 Å². The van der Waals surface area contributed by atoms with E-state index in [0.717, 1.165) is 24.8 Å². The van der Waals surface area contributed by atoms with E-state index in [1.807, 2.05) is 30.3 Å². The van der Waals surface area contributed by atoms with Gasteiger partial charge in [0.05, 0.1) is 0 Å². The van der Waals surface area contributed by atoms with E-state index in [-0.39, 0.29) is 23.4 Å². The molecule has 1 aromatic rings. The van der Waals surface area contributed by atoms with E-state index in [1.165, 1.54) is 31.0 Å². The number of carbonyl (C=O) groups excluding carboxylic acids is 5. The Hall–Kier alpha value is -2.88. The molecule has 2 fully saturated rings. The van der Waals surface area contributed by atoms with Crippen LogP contribution in [-0.2, 0) is 30.4 Å². The molecule has 2 aliphatic heterocycles. The highest BCUT2D eigenvalue weighted by atomic mass is 32.2. The molecule has 0 spiro atoms. The van der Waals surface area contributed by atoms with E-state index < -0.39 is 35.5 Å². The first kappa shape index (κ1) is 33.6. The van der Waals surface area contributed by atoms with Crippen LogP contribution in [0.15, 0.2) is 30.3 Å². The largest absolute Gasteiger partial charge is 0.343 e. The van der Waals surface area contributed by atoms with E-state index in [4.69, 9.17) is 0 Å². The molecule has 0 aromatic heterocycles. The zero-order valence-corrected chi connectivity index (χ0v) is 26.2. The van der Waals surface area contributed by atoms with Crippen LogP contribution in [0.5, 0.6) is 0 Å². The second kappa shape index (κ2) is 16.7. The summed E-state index contributed by atoms with van der Waals surface area (Å²) in [7, 11) is 0. The fourth-order valence-electron chi connectivity index (χ4n) is 5.46. The van der Waals surface area contributed by atoms with E-state index in [9.17, 15) is 24.0 Å². The first-order valence-corrected chi connectivity index (χ1v) is 16.5. The first-order chi connectivity index (χ1) is 20.1. The molecule has 4 amide bonds. The molecule has 0 radical (unpaired) electrons. The highest BCUT2D eigenvalue weighted by molar-refractivity contribution is 8.13. The van der Waals surface area contributed by atoms with Crippen molar-refractivity contribution in [1.29, 1.82) is 0 Å².